The lowest BCUT2D eigenvalue weighted by atomic mass is 10.0. The number of rotatable bonds is 12. The molecular formula is C30H44N4O5S3. The molecule has 0 fully saturated rings. The molecule has 232 valence electrons. The minimum absolute atomic E-state index is 0.0508. The average Bonchev–Trinajstić information content (AvgIpc) is 3.59. The normalized spacial score (nSPS) is 23.5. The van der Waals surface area contributed by atoms with Crippen LogP contribution in [0.4, 0.5) is 0 Å². The van der Waals surface area contributed by atoms with Gasteiger partial charge >= 0.3 is 5.97 Å². The Balaban J connectivity index is 1.62. The molecular weight excluding hydrogens is 593 g/mol. The fourth-order valence-corrected chi connectivity index (χ4v) is 7.16. The molecule has 1 aromatic rings. The second-order valence-corrected chi connectivity index (χ2v) is 14.3. The van der Waals surface area contributed by atoms with Gasteiger partial charge in [-0.2, -0.15) is 0 Å². The summed E-state index contributed by atoms with van der Waals surface area (Å²) in [5.41, 5.74) is -0.346. The Morgan fingerprint density at radius 1 is 1.21 bits per heavy atom. The van der Waals surface area contributed by atoms with Gasteiger partial charge in [-0.25, -0.2) is 9.78 Å². The van der Waals surface area contributed by atoms with Crippen molar-refractivity contribution in [3.05, 3.63) is 28.2 Å². The maximum atomic E-state index is 13.3. The van der Waals surface area contributed by atoms with Gasteiger partial charge in [0, 0.05) is 23.3 Å². The van der Waals surface area contributed by atoms with Crippen LogP contribution >= 0.6 is 34.9 Å². The van der Waals surface area contributed by atoms with Gasteiger partial charge in [0.25, 0.3) is 0 Å². The molecule has 0 saturated heterocycles. The van der Waals surface area contributed by atoms with Crippen molar-refractivity contribution >= 4 is 62.8 Å². The number of nitrogens with one attached hydrogen (secondary N) is 2. The molecule has 0 unspecified atom stereocenters. The molecule has 4 bridgehead atoms. The molecule has 0 spiro atoms. The van der Waals surface area contributed by atoms with Crippen molar-refractivity contribution in [2.45, 2.75) is 110 Å². The van der Waals surface area contributed by atoms with E-state index in [-0.39, 0.29) is 35.8 Å². The van der Waals surface area contributed by atoms with Crippen LogP contribution in [-0.4, -0.2) is 62.1 Å². The first-order valence-electron chi connectivity index (χ1n) is 14.9. The molecule has 0 aliphatic carbocycles. The number of thioether (sulfide) groups is 2. The van der Waals surface area contributed by atoms with Gasteiger partial charge in [0.15, 0.2) is 5.12 Å². The number of nitrogens with zero attached hydrogens (tertiary/aromatic N) is 2. The molecule has 2 aliphatic rings. The van der Waals surface area contributed by atoms with Crippen molar-refractivity contribution in [3.8, 4) is 0 Å². The van der Waals surface area contributed by atoms with E-state index in [4.69, 9.17) is 4.74 Å². The second-order valence-electron chi connectivity index (χ2n) is 11.2. The van der Waals surface area contributed by atoms with Crippen LogP contribution in [0.25, 0.3) is 0 Å². The molecule has 3 atom stereocenters. The fourth-order valence-electron chi connectivity index (χ4n) is 4.41. The number of aliphatic imine (C=N–C) groups is 1. The van der Waals surface area contributed by atoms with Crippen molar-refractivity contribution in [1.29, 1.82) is 0 Å². The number of carbonyl (C=O) groups excluding carboxylic acids is 4. The zero-order chi connectivity index (χ0) is 30.5. The largest absolute Gasteiger partial charge is 0.456 e. The van der Waals surface area contributed by atoms with Gasteiger partial charge in [-0.15, -0.1) is 23.1 Å². The molecule has 1 aromatic heterocycles. The van der Waals surface area contributed by atoms with Crippen molar-refractivity contribution < 1.29 is 23.9 Å². The summed E-state index contributed by atoms with van der Waals surface area (Å²) < 4.78 is 5.79. The van der Waals surface area contributed by atoms with Crippen LogP contribution in [0.3, 0.4) is 0 Å². The summed E-state index contributed by atoms with van der Waals surface area (Å²) in [6, 6.07) is -0.888. The molecule has 3 rings (SSSR count). The molecule has 0 radical (unpaired) electrons. The quantitative estimate of drug-likeness (QED) is 0.177. The van der Waals surface area contributed by atoms with E-state index in [9.17, 15) is 19.2 Å². The van der Waals surface area contributed by atoms with E-state index in [1.165, 1.54) is 54.1 Å². The topological polar surface area (TPSA) is 127 Å². The standard InChI is InChI=1S/C30H44N4O5S3/c1-5-6-7-8-11-14-25(36)40-15-12-9-10-13-21-16-23(35)31-17-24-32-22(18-41-24)27-34-30(4,19-42-27)29(38)33-26(20(2)3)28(37)39-21/h10,13,18,20-21,26H,5-9,11-12,14-17,19H2,1-4H3,(H,31,35)(H,33,38)/t21-,26+,30+/m1/s1. The summed E-state index contributed by atoms with van der Waals surface area (Å²) in [4.78, 5) is 60.7. The zero-order valence-electron chi connectivity index (χ0n) is 25.1. The predicted molar refractivity (Wildman–Crippen MR) is 172 cm³/mol. The first-order chi connectivity index (χ1) is 20.1. The fraction of sp³-hybridized carbons (Fsp3) is 0.667. The van der Waals surface area contributed by atoms with Crippen molar-refractivity contribution in [2.24, 2.45) is 10.9 Å². The minimum atomic E-state index is -1.03. The van der Waals surface area contributed by atoms with Crippen molar-refractivity contribution in [3.63, 3.8) is 0 Å². The number of fused-ring (bicyclic) bond motifs is 4. The highest BCUT2D eigenvalue weighted by Crippen LogP contribution is 2.32. The molecule has 0 aromatic carbocycles. The molecule has 12 heteroatoms. The number of cyclic esters (lactones) is 1. The Kier molecular flexibility index (Phi) is 14.1. The number of hydrogen-bond acceptors (Lipinski definition) is 10. The maximum absolute atomic E-state index is 13.3. The highest BCUT2D eigenvalue weighted by Gasteiger charge is 2.41. The molecule has 2 N–H and O–H groups in total. The van der Waals surface area contributed by atoms with Crippen molar-refractivity contribution in [2.75, 3.05) is 11.5 Å². The minimum Gasteiger partial charge on any atom is -0.456 e. The van der Waals surface area contributed by atoms with Crippen LogP contribution in [0.2, 0.25) is 0 Å². The summed E-state index contributed by atoms with van der Waals surface area (Å²) in [6.45, 7) is 7.86. The van der Waals surface area contributed by atoms with E-state index in [0.717, 1.165) is 30.0 Å². The zero-order valence-corrected chi connectivity index (χ0v) is 27.6. The Labute approximate surface area is 261 Å². The van der Waals surface area contributed by atoms with Gasteiger partial charge in [0.2, 0.25) is 11.8 Å². The van der Waals surface area contributed by atoms with Gasteiger partial charge in [-0.05, 0) is 38.2 Å². The summed E-state index contributed by atoms with van der Waals surface area (Å²) in [5, 5.41) is 9.24. The van der Waals surface area contributed by atoms with Gasteiger partial charge in [0.05, 0.1) is 13.0 Å². The van der Waals surface area contributed by atoms with E-state index in [1.54, 1.807) is 13.0 Å². The van der Waals surface area contributed by atoms with E-state index in [1.807, 2.05) is 25.3 Å². The third kappa shape index (κ3) is 10.8. The van der Waals surface area contributed by atoms with Crippen LogP contribution < -0.4 is 10.6 Å². The van der Waals surface area contributed by atoms with Crippen LogP contribution in [0.1, 0.15) is 96.2 Å². The SMILES string of the molecule is CCCCCCCC(=O)SCCCC=C[C@@H]1CC(=O)NCc2nc(cs2)C2=N[C@@](C)(CS2)C(=O)N[C@@H](C(C)C)C(=O)O1. The molecule has 0 saturated carbocycles. The molecule has 9 nitrogen and oxygen atoms in total. The summed E-state index contributed by atoms with van der Waals surface area (Å²) in [6.07, 6.45) is 10.5. The number of carbonyl (C=O) groups is 4. The number of allylic oxidation sites excluding steroid dienone is 1. The Hall–Kier alpha value is -2.18. The van der Waals surface area contributed by atoms with E-state index in [0.29, 0.717) is 29.3 Å². The molecule has 2 aliphatic heterocycles. The van der Waals surface area contributed by atoms with E-state index in [2.05, 4.69) is 27.5 Å². The summed E-state index contributed by atoms with van der Waals surface area (Å²) in [7, 11) is 0. The monoisotopic (exact) mass is 636 g/mol. The number of thiazole rings is 1. The van der Waals surface area contributed by atoms with Gasteiger partial charge in [0.1, 0.15) is 33.4 Å². The Bertz CT molecular complexity index is 1150. The molecule has 42 heavy (non-hydrogen) atoms. The molecule has 2 amide bonds. The number of ether oxygens (including phenoxy) is 1. The highest BCUT2D eigenvalue weighted by molar-refractivity contribution is 8.14. The number of unbranched alkanes of at least 4 members (excludes halogenated alkanes) is 5. The van der Waals surface area contributed by atoms with Crippen LogP contribution in [0.15, 0.2) is 22.5 Å². The smallest absolute Gasteiger partial charge is 0.329 e. The van der Waals surface area contributed by atoms with E-state index < -0.39 is 23.7 Å². The van der Waals surface area contributed by atoms with Crippen LogP contribution in [0.5, 0.6) is 0 Å². The number of hydrogen-bond donors (Lipinski definition) is 2. The average molecular weight is 637 g/mol. The second kappa shape index (κ2) is 17.2. The highest BCUT2D eigenvalue weighted by atomic mass is 32.2. The lowest BCUT2D eigenvalue weighted by Gasteiger charge is -2.27. The van der Waals surface area contributed by atoms with Gasteiger partial charge < -0.3 is 15.4 Å². The first kappa shape index (κ1) is 34.3. The third-order valence-electron chi connectivity index (χ3n) is 7.01. The lowest BCUT2D eigenvalue weighted by Crippen LogP contribution is -2.53. The number of amides is 2. The van der Waals surface area contributed by atoms with Crippen LogP contribution in [-0.2, 0) is 30.5 Å². The third-order valence-corrected chi connectivity index (χ3v) is 10.2. The van der Waals surface area contributed by atoms with Gasteiger partial charge in [-0.3, -0.25) is 19.4 Å². The summed E-state index contributed by atoms with van der Waals surface area (Å²) in [5.74, 6) is -0.281. The number of esters is 1. The summed E-state index contributed by atoms with van der Waals surface area (Å²) >= 11 is 4.24. The predicted octanol–water partition coefficient (Wildman–Crippen LogP) is 5.42. The number of aromatic nitrogens is 1. The maximum Gasteiger partial charge on any atom is 0.329 e. The molecule has 3 heterocycles. The first-order valence-corrected chi connectivity index (χ1v) is 17.7. The van der Waals surface area contributed by atoms with Gasteiger partial charge in [-0.1, -0.05) is 64.3 Å². The van der Waals surface area contributed by atoms with Crippen LogP contribution in [0, 0.1) is 5.92 Å². The van der Waals surface area contributed by atoms with Crippen molar-refractivity contribution in [1.82, 2.24) is 15.6 Å². The Morgan fingerprint density at radius 2 is 2.00 bits per heavy atom. The van der Waals surface area contributed by atoms with E-state index >= 15 is 0 Å². The lowest BCUT2D eigenvalue weighted by molar-refractivity contribution is -0.153. The Morgan fingerprint density at radius 3 is 2.76 bits per heavy atom.